The average Bonchev–Trinajstić information content (AvgIpc) is 2.71. The number of hydrazone groups is 1. The molecule has 0 saturated carbocycles. The predicted molar refractivity (Wildman–Crippen MR) is 113 cm³/mol. The fourth-order valence-corrected chi connectivity index (χ4v) is 2.72. The summed E-state index contributed by atoms with van der Waals surface area (Å²) in [6.07, 6.45) is 4.36. The maximum absolute atomic E-state index is 12.3. The van der Waals surface area contributed by atoms with Gasteiger partial charge in [-0.1, -0.05) is 37.6 Å². The molecule has 0 aliphatic carbocycles. The van der Waals surface area contributed by atoms with E-state index in [1.165, 1.54) is 30.5 Å². The van der Waals surface area contributed by atoms with E-state index in [9.17, 15) is 19.8 Å². The quantitative estimate of drug-likeness (QED) is 0.172. The van der Waals surface area contributed by atoms with Crippen LogP contribution in [0.15, 0.2) is 53.6 Å². The Bertz CT molecular complexity index is 935. The average molecular weight is 395 g/mol. The summed E-state index contributed by atoms with van der Waals surface area (Å²) in [5.74, 6) is -2.18. The second kappa shape index (κ2) is 10.7. The first-order valence-electron chi connectivity index (χ1n) is 9.39. The number of ketones is 1. The number of aromatic hydroxyl groups is 2. The minimum Gasteiger partial charge on any atom is -0.504 e. The molecule has 152 valence electrons. The van der Waals surface area contributed by atoms with Gasteiger partial charge in [-0.05, 0) is 42.7 Å². The van der Waals surface area contributed by atoms with E-state index < -0.39 is 11.7 Å². The zero-order valence-corrected chi connectivity index (χ0v) is 16.5. The third-order valence-corrected chi connectivity index (χ3v) is 4.07. The molecule has 29 heavy (non-hydrogen) atoms. The van der Waals surface area contributed by atoms with Crippen LogP contribution in [0.4, 0.5) is 0 Å². The lowest BCUT2D eigenvalue weighted by Crippen LogP contribution is -2.27. The molecule has 4 N–H and O–H groups in total. The van der Waals surface area contributed by atoms with Gasteiger partial charge < -0.3 is 15.5 Å². The van der Waals surface area contributed by atoms with Gasteiger partial charge in [-0.2, -0.15) is 5.10 Å². The third-order valence-electron chi connectivity index (χ3n) is 4.07. The van der Waals surface area contributed by atoms with Crippen molar-refractivity contribution in [2.45, 2.75) is 26.7 Å². The van der Waals surface area contributed by atoms with Crippen molar-refractivity contribution < 1.29 is 19.8 Å². The van der Waals surface area contributed by atoms with Gasteiger partial charge >= 0.3 is 5.91 Å². The molecule has 2 rings (SSSR count). The van der Waals surface area contributed by atoms with Gasteiger partial charge in [0.15, 0.2) is 11.5 Å². The molecule has 0 aliphatic rings. The van der Waals surface area contributed by atoms with Crippen molar-refractivity contribution in [3.8, 4) is 11.5 Å². The molecular formula is C22H25N3O4. The van der Waals surface area contributed by atoms with Gasteiger partial charge in [-0.3, -0.25) is 9.59 Å². The monoisotopic (exact) mass is 395 g/mol. The van der Waals surface area contributed by atoms with Crippen LogP contribution in [0.1, 0.15) is 37.0 Å². The number of nitrogens with zero attached hydrogens (tertiary/aromatic N) is 1. The van der Waals surface area contributed by atoms with Crippen LogP contribution >= 0.6 is 0 Å². The summed E-state index contributed by atoms with van der Waals surface area (Å²) in [5.41, 5.74) is 5.19. The second-order valence-electron chi connectivity index (χ2n) is 6.31. The van der Waals surface area contributed by atoms with Crippen LogP contribution in [0.3, 0.4) is 0 Å². The number of phenolic OH excluding ortho intramolecular Hbond substituents is 2. The number of hydrogen-bond donors (Lipinski definition) is 4. The zero-order valence-electron chi connectivity index (χ0n) is 16.5. The van der Waals surface area contributed by atoms with E-state index in [-0.39, 0.29) is 11.5 Å². The van der Waals surface area contributed by atoms with Gasteiger partial charge in [0.1, 0.15) is 0 Å². The minimum absolute atomic E-state index is 0.259. The number of carbonyl (C=O) groups is 2. The van der Waals surface area contributed by atoms with Crippen molar-refractivity contribution in [1.29, 1.82) is 0 Å². The van der Waals surface area contributed by atoms with Crippen molar-refractivity contribution >= 4 is 23.6 Å². The first-order valence-corrected chi connectivity index (χ1v) is 9.39. The first kappa shape index (κ1) is 21.7. The van der Waals surface area contributed by atoms with Crippen LogP contribution in [0.5, 0.6) is 11.5 Å². The highest BCUT2D eigenvalue weighted by molar-refractivity contribution is 6.41. The Labute approximate surface area is 169 Å². The smallest absolute Gasteiger partial charge is 0.311 e. The number of carbonyl (C=O) groups excluding carboxylic acids is 2. The lowest BCUT2D eigenvalue weighted by Gasteiger charge is -2.13. The molecule has 0 aromatic heterocycles. The van der Waals surface area contributed by atoms with E-state index >= 15 is 0 Å². The number of benzene rings is 2. The summed E-state index contributed by atoms with van der Waals surface area (Å²) < 4.78 is 0. The van der Waals surface area contributed by atoms with E-state index in [0.717, 1.165) is 24.0 Å². The fraction of sp³-hybridized carbons (Fsp3) is 0.227. The van der Waals surface area contributed by atoms with Gasteiger partial charge in [0, 0.05) is 23.9 Å². The zero-order chi connectivity index (χ0) is 21.2. The number of amides is 1. The van der Waals surface area contributed by atoms with E-state index in [4.69, 9.17) is 0 Å². The SMILES string of the molecule is CCCc1ccccc1/C(=C/C(=O)C(=O)N/N=C/c1ccc(O)c(O)c1)NCC. The Morgan fingerprint density at radius 1 is 1.07 bits per heavy atom. The third kappa shape index (κ3) is 6.21. The van der Waals surface area contributed by atoms with E-state index in [0.29, 0.717) is 17.8 Å². The molecule has 0 spiro atoms. The molecule has 2 aromatic rings. The van der Waals surface area contributed by atoms with Crippen molar-refractivity contribution in [3.63, 3.8) is 0 Å². The van der Waals surface area contributed by atoms with E-state index in [1.54, 1.807) is 0 Å². The highest BCUT2D eigenvalue weighted by Crippen LogP contribution is 2.24. The molecule has 0 radical (unpaired) electrons. The van der Waals surface area contributed by atoms with Crippen LogP contribution in [-0.4, -0.2) is 34.7 Å². The number of rotatable bonds is 9. The maximum atomic E-state index is 12.3. The summed E-state index contributed by atoms with van der Waals surface area (Å²) in [4.78, 5) is 24.4. The Balaban J connectivity index is 2.13. The molecule has 0 unspecified atom stereocenters. The summed E-state index contributed by atoms with van der Waals surface area (Å²) in [7, 11) is 0. The molecule has 0 fully saturated rings. The Morgan fingerprint density at radius 3 is 2.52 bits per heavy atom. The highest BCUT2D eigenvalue weighted by Gasteiger charge is 2.14. The largest absolute Gasteiger partial charge is 0.504 e. The molecule has 2 aromatic carbocycles. The minimum atomic E-state index is -0.882. The van der Waals surface area contributed by atoms with Crippen LogP contribution in [0.25, 0.3) is 5.70 Å². The predicted octanol–water partition coefficient (Wildman–Crippen LogP) is 2.72. The number of nitrogens with one attached hydrogen (secondary N) is 2. The molecule has 0 aliphatic heterocycles. The number of aryl methyl sites for hydroxylation is 1. The van der Waals surface area contributed by atoms with Crippen LogP contribution in [0.2, 0.25) is 0 Å². The standard InChI is InChI=1S/C22H25N3O4/c1-3-7-16-8-5-6-9-17(16)18(23-4-2)13-21(28)22(29)25-24-14-15-10-11-19(26)20(27)12-15/h5-6,8-14,23,26-27H,3-4,7H2,1-2H3,(H,25,29)/b18-13-,24-14+. The van der Waals surface area contributed by atoms with E-state index in [1.807, 2.05) is 31.2 Å². The molecule has 0 atom stereocenters. The molecule has 0 bridgehead atoms. The Morgan fingerprint density at radius 2 is 1.83 bits per heavy atom. The van der Waals surface area contributed by atoms with E-state index in [2.05, 4.69) is 22.8 Å². The van der Waals surface area contributed by atoms with Gasteiger partial charge in [0.25, 0.3) is 0 Å². The first-order chi connectivity index (χ1) is 14.0. The summed E-state index contributed by atoms with van der Waals surface area (Å²) in [6.45, 7) is 4.60. The maximum Gasteiger partial charge on any atom is 0.311 e. The van der Waals surface area contributed by atoms with Gasteiger partial charge in [-0.15, -0.1) is 0 Å². The molecule has 1 amide bonds. The Kier molecular flexibility index (Phi) is 7.97. The topological polar surface area (TPSA) is 111 Å². The van der Waals surface area contributed by atoms with Crippen LogP contribution < -0.4 is 10.7 Å². The second-order valence-corrected chi connectivity index (χ2v) is 6.31. The normalized spacial score (nSPS) is 11.4. The molecule has 0 saturated heterocycles. The lowest BCUT2D eigenvalue weighted by molar-refractivity contribution is -0.135. The molecule has 0 heterocycles. The molecule has 7 heteroatoms. The van der Waals surface area contributed by atoms with Gasteiger partial charge in [0.05, 0.1) is 6.21 Å². The highest BCUT2D eigenvalue weighted by atomic mass is 16.3. The van der Waals surface area contributed by atoms with Crippen LogP contribution in [-0.2, 0) is 16.0 Å². The van der Waals surface area contributed by atoms with Crippen molar-refractivity contribution in [2.24, 2.45) is 5.10 Å². The number of hydrogen-bond acceptors (Lipinski definition) is 6. The van der Waals surface area contributed by atoms with Crippen molar-refractivity contribution in [1.82, 2.24) is 10.7 Å². The summed E-state index contributed by atoms with van der Waals surface area (Å²) in [5, 5.41) is 25.6. The summed E-state index contributed by atoms with van der Waals surface area (Å²) in [6, 6.07) is 11.8. The molecular weight excluding hydrogens is 370 g/mol. The fourth-order valence-electron chi connectivity index (χ4n) is 2.72. The van der Waals surface area contributed by atoms with Gasteiger partial charge in [0.2, 0.25) is 5.78 Å². The van der Waals surface area contributed by atoms with Crippen molar-refractivity contribution in [2.75, 3.05) is 6.54 Å². The lowest BCUT2D eigenvalue weighted by atomic mass is 9.99. The molecule has 7 nitrogen and oxygen atoms in total. The van der Waals surface area contributed by atoms with Gasteiger partial charge in [-0.25, -0.2) is 5.43 Å². The van der Waals surface area contributed by atoms with Crippen molar-refractivity contribution in [3.05, 3.63) is 65.2 Å². The summed E-state index contributed by atoms with van der Waals surface area (Å²) >= 11 is 0. The van der Waals surface area contributed by atoms with Crippen LogP contribution in [0, 0.1) is 0 Å². The Hall–Kier alpha value is -3.61. The number of phenols is 2.